The Hall–Kier alpha value is -3.28. The van der Waals surface area contributed by atoms with E-state index in [1.807, 2.05) is 49.5 Å². The fourth-order valence-electron chi connectivity index (χ4n) is 2.78. The molecule has 140 valence electrons. The molecule has 0 aliphatic heterocycles. The monoisotopic (exact) mass is 364 g/mol. The van der Waals surface area contributed by atoms with Crippen molar-refractivity contribution in [2.24, 2.45) is 0 Å². The van der Waals surface area contributed by atoms with Crippen molar-refractivity contribution in [2.45, 2.75) is 13.5 Å². The van der Waals surface area contributed by atoms with Crippen LogP contribution in [0.1, 0.15) is 5.56 Å². The van der Waals surface area contributed by atoms with Gasteiger partial charge in [-0.1, -0.05) is 29.8 Å². The number of rotatable bonds is 6. The molecule has 1 N–H and O–H groups in total. The molecule has 0 saturated heterocycles. The molecular formula is C21H24N4O2. The number of anilines is 2. The Morgan fingerprint density at radius 3 is 2.37 bits per heavy atom. The van der Waals surface area contributed by atoms with Gasteiger partial charge in [0.15, 0.2) is 5.82 Å². The first-order chi connectivity index (χ1) is 13.0. The van der Waals surface area contributed by atoms with Crippen LogP contribution in [0.5, 0.6) is 5.75 Å². The third-order valence-electron chi connectivity index (χ3n) is 4.21. The number of aryl methyl sites for hydroxylation is 1. The van der Waals surface area contributed by atoms with Gasteiger partial charge in [-0.25, -0.2) is 0 Å². The lowest BCUT2D eigenvalue weighted by molar-refractivity contribution is -0.116. The summed E-state index contributed by atoms with van der Waals surface area (Å²) in [5.74, 6) is 1.44. The molecule has 3 rings (SSSR count). The van der Waals surface area contributed by atoms with E-state index in [9.17, 15) is 4.79 Å². The van der Waals surface area contributed by atoms with Crippen molar-refractivity contribution in [3.05, 3.63) is 60.3 Å². The van der Waals surface area contributed by atoms with Crippen LogP contribution in [0.25, 0.3) is 11.1 Å². The zero-order chi connectivity index (χ0) is 19.4. The highest BCUT2D eigenvalue weighted by Crippen LogP contribution is 2.29. The van der Waals surface area contributed by atoms with Crippen LogP contribution in [0, 0.1) is 6.92 Å². The SMILES string of the molecule is COc1ccc(NC(=O)Cn2cc(-c3ccc(C)cc3)c(N(C)C)n2)cc1. The highest BCUT2D eigenvalue weighted by molar-refractivity contribution is 5.90. The van der Waals surface area contributed by atoms with Gasteiger partial charge in [0, 0.05) is 31.5 Å². The highest BCUT2D eigenvalue weighted by atomic mass is 16.5. The summed E-state index contributed by atoms with van der Waals surface area (Å²) >= 11 is 0. The summed E-state index contributed by atoms with van der Waals surface area (Å²) in [6.45, 7) is 2.20. The van der Waals surface area contributed by atoms with Gasteiger partial charge in [0.2, 0.25) is 5.91 Å². The Balaban J connectivity index is 1.77. The van der Waals surface area contributed by atoms with E-state index >= 15 is 0 Å². The van der Waals surface area contributed by atoms with Crippen molar-refractivity contribution in [1.29, 1.82) is 0 Å². The molecular weight excluding hydrogens is 340 g/mol. The molecule has 0 unspecified atom stereocenters. The van der Waals surface area contributed by atoms with Gasteiger partial charge in [-0.15, -0.1) is 0 Å². The number of benzene rings is 2. The van der Waals surface area contributed by atoms with Crippen LogP contribution < -0.4 is 15.0 Å². The van der Waals surface area contributed by atoms with Crippen molar-refractivity contribution >= 4 is 17.4 Å². The molecule has 0 spiro atoms. The first kappa shape index (κ1) is 18.5. The molecule has 1 amide bonds. The van der Waals surface area contributed by atoms with Gasteiger partial charge in [-0.05, 0) is 36.8 Å². The van der Waals surface area contributed by atoms with Crippen LogP contribution in [-0.4, -0.2) is 36.9 Å². The number of hydrogen-bond acceptors (Lipinski definition) is 4. The standard InChI is InChI=1S/C21H24N4O2/c1-15-5-7-16(8-6-15)19-13-25(23-21(19)24(2)3)14-20(26)22-17-9-11-18(27-4)12-10-17/h5-13H,14H2,1-4H3,(H,22,26). The van der Waals surface area contributed by atoms with Gasteiger partial charge >= 0.3 is 0 Å². The predicted octanol–water partition coefficient (Wildman–Crippen LogP) is 3.57. The number of nitrogens with zero attached hydrogens (tertiary/aromatic N) is 3. The average molecular weight is 364 g/mol. The minimum Gasteiger partial charge on any atom is -0.497 e. The summed E-state index contributed by atoms with van der Waals surface area (Å²) < 4.78 is 6.80. The zero-order valence-electron chi connectivity index (χ0n) is 16.1. The number of nitrogens with one attached hydrogen (secondary N) is 1. The van der Waals surface area contributed by atoms with Crippen molar-refractivity contribution in [1.82, 2.24) is 9.78 Å². The van der Waals surface area contributed by atoms with Gasteiger partial charge in [0.25, 0.3) is 0 Å². The van der Waals surface area contributed by atoms with Crippen LogP contribution in [0.2, 0.25) is 0 Å². The first-order valence-corrected chi connectivity index (χ1v) is 8.72. The van der Waals surface area contributed by atoms with Crippen molar-refractivity contribution in [3.63, 3.8) is 0 Å². The molecule has 0 atom stereocenters. The molecule has 0 saturated carbocycles. The summed E-state index contributed by atoms with van der Waals surface area (Å²) in [7, 11) is 5.50. The molecule has 0 aliphatic carbocycles. The molecule has 0 fully saturated rings. The number of methoxy groups -OCH3 is 1. The lowest BCUT2D eigenvalue weighted by Gasteiger charge is -2.11. The topological polar surface area (TPSA) is 59.4 Å². The van der Waals surface area contributed by atoms with E-state index in [2.05, 4.69) is 41.6 Å². The van der Waals surface area contributed by atoms with Gasteiger partial charge in [-0.3, -0.25) is 9.48 Å². The van der Waals surface area contributed by atoms with Crippen molar-refractivity contribution in [3.8, 4) is 16.9 Å². The van der Waals surface area contributed by atoms with E-state index in [1.54, 1.807) is 11.8 Å². The Bertz CT molecular complexity index is 912. The van der Waals surface area contributed by atoms with Crippen LogP contribution in [-0.2, 0) is 11.3 Å². The third-order valence-corrected chi connectivity index (χ3v) is 4.21. The van der Waals surface area contributed by atoms with Crippen molar-refractivity contribution < 1.29 is 9.53 Å². The second-order valence-electron chi connectivity index (χ2n) is 6.60. The van der Waals surface area contributed by atoms with E-state index in [0.29, 0.717) is 0 Å². The summed E-state index contributed by atoms with van der Waals surface area (Å²) in [6.07, 6.45) is 1.91. The molecule has 1 heterocycles. The summed E-state index contributed by atoms with van der Waals surface area (Å²) in [4.78, 5) is 14.3. The Kier molecular flexibility index (Phi) is 5.45. The molecule has 0 radical (unpaired) electrons. The average Bonchev–Trinajstić information content (AvgIpc) is 3.07. The molecule has 6 nitrogen and oxygen atoms in total. The third kappa shape index (κ3) is 4.47. The number of carbonyl (C=O) groups is 1. The maximum absolute atomic E-state index is 12.4. The highest BCUT2D eigenvalue weighted by Gasteiger charge is 2.14. The van der Waals surface area contributed by atoms with E-state index in [0.717, 1.165) is 28.4 Å². The number of amides is 1. The number of carbonyl (C=O) groups excluding carboxylic acids is 1. The minimum atomic E-state index is -0.136. The Morgan fingerprint density at radius 2 is 1.78 bits per heavy atom. The van der Waals surface area contributed by atoms with E-state index < -0.39 is 0 Å². The minimum absolute atomic E-state index is 0.136. The summed E-state index contributed by atoms with van der Waals surface area (Å²) in [5.41, 5.74) is 4.00. The van der Waals surface area contributed by atoms with E-state index in [1.165, 1.54) is 5.56 Å². The number of hydrogen-bond donors (Lipinski definition) is 1. The molecule has 6 heteroatoms. The van der Waals surface area contributed by atoms with Gasteiger partial charge in [-0.2, -0.15) is 5.10 Å². The number of ether oxygens (including phenoxy) is 1. The smallest absolute Gasteiger partial charge is 0.246 e. The molecule has 27 heavy (non-hydrogen) atoms. The molecule has 0 bridgehead atoms. The summed E-state index contributed by atoms with van der Waals surface area (Å²) in [5, 5.41) is 7.46. The fraction of sp³-hybridized carbons (Fsp3) is 0.238. The second kappa shape index (κ2) is 7.95. The molecule has 2 aromatic carbocycles. The van der Waals surface area contributed by atoms with Crippen molar-refractivity contribution in [2.75, 3.05) is 31.4 Å². The van der Waals surface area contributed by atoms with Gasteiger partial charge in [0.05, 0.1) is 7.11 Å². The maximum atomic E-state index is 12.4. The molecule has 3 aromatic rings. The maximum Gasteiger partial charge on any atom is 0.246 e. The molecule has 0 aliphatic rings. The lowest BCUT2D eigenvalue weighted by atomic mass is 10.1. The van der Waals surface area contributed by atoms with Gasteiger partial charge < -0.3 is 15.0 Å². The lowest BCUT2D eigenvalue weighted by Crippen LogP contribution is -2.19. The van der Waals surface area contributed by atoms with Crippen LogP contribution in [0.3, 0.4) is 0 Å². The van der Waals surface area contributed by atoms with Crippen LogP contribution in [0.15, 0.2) is 54.7 Å². The Morgan fingerprint density at radius 1 is 1.11 bits per heavy atom. The van der Waals surface area contributed by atoms with Gasteiger partial charge in [0.1, 0.15) is 12.3 Å². The normalized spacial score (nSPS) is 10.5. The zero-order valence-corrected chi connectivity index (χ0v) is 16.1. The molecule has 1 aromatic heterocycles. The Labute approximate surface area is 159 Å². The first-order valence-electron chi connectivity index (χ1n) is 8.72. The largest absolute Gasteiger partial charge is 0.497 e. The second-order valence-corrected chi connectivity index (χ2v) is 6.60. The fourth-order valence-corrected chi connectivity index (χ4v) is 2.78. The van der Waals surface area contributed by atoms with E-state index in [-0.39, 0.29) is 12.5 Å². The number of aromatic nitrogens is 2. The summed E-state index contributed by atoms with van der Waals surface area (Å²) in [6, 6.07) is 15.5. The quantitative estimate of drug-likeness (QED) is 0.726. The van der Waals surface area contributed by atoms with Crippen LogP contribution >= 0.6 is 0 Å². The van der Waals surface area contributed by atoms with Crippen LogP contribution in [0.4, 0.5) is 11.5 Å². The van der Waals surface area contributed by atoms with E-state index in [4.69, 9.17) is 4.74 Å². The predicted molar refractivity (Wildman–Crippen MR) is 108 cm³/mol.